The van der Waals surface area contributed by atoms with E-state index in [4.69, 9.17) is 11.6 Å². The zero-order valence-corrected chi connectivity index (χ0v) is 7.24. The second-order valence-electron chi connectivity index (χ2n) is 2.87. The third-order valence-corrected chi connectivity index (χ3v) is 2.38. The molecule has 3 nitrogen and oxygen atoms in total. The van der Waals surface area contributed by atoms with Gasteiger partial charge < -0.3 is 10.3 Å². The van der Waals surface area contributed by atoms with E-state index in [2.05, 4.69) is 10.3 Å². The van der Waals surface area contributed by atoms with Crippen molar-refractivity contribution >= 4 is 11.6 Å². The van der Waals surface area contributed by atoms with Crippen molar-refractivity contribution in [1.29, 1.82) is 0 Å². The van der Waals surface area contributed by atoms with Crippen LogP contribution in [0, 0.1) is 0 Å². The molecule has 1 aliphatic rings. The van der Waals surface area contributed by atoms with Crippen LogP contribution in [0.5, 0.6) is 0 Å². The normalized spacial score (nSPS) is 15.8. The fourth-order valence-corrected chi connectivity index (χ4v) is 1.72. The van der Waals surface area contributed by atoms with Crippen LogP contribution in [0.2, 0.25) is 5.02 Å². The fourth-order valence-electron chi connectivity index (χ4n) is 1.44. The van der Waals surface area contributed by atoms with Gasteiger partial charge in [0.1, 0.15) is 0 Å². The Morgan fingerprint density at radius 3 is 3.17 bits per heavy atom. The Morgan fingerprint density at radius 1 is 1.50 bits per heavy atom. The van der Waals surface area contributed by atoms with Crippen molar-refractivity contribution in [3.05, 3.63) is 32.7 Å². The number of hydrogen-bond acceptors (Lipinski definition) is 2. The van der Waals surface area contributed by atoms with Gasteiger partial charge in [-0.1, -0.05) is 11.6 Å². The zero-order valence-electron chi connectivity index (χ0n) is 6.48. The van der Waals surface area contributed by atoms with Crippen molar-refractivity contribution in [1.82, 2.24) is 10.3 Å². The molecule has 2 rings (SSSR count). The van der Waals surface area contributed by atoms with Gasteiger partial charge in [0.15, 0.2) is 0 Å². The number of pyridine rings is 1. The molecule has 0 atom stereocenters. The zero-order chi connectivity index (χ0) is 8.55. The summed E-state index contributed by atoms with van der Waals surface area (Å²) in [6.07, 6.45) is 0.852. The van der Waals surface area contributed by atoms with Gasteiger partial charge in [0, 0.05) is 36.8 Å². The van der Waals surface area contributed by atoms with Crippen molar-refractivity contribution in [2.75, 3.05) is 6.54 Å². The Morgan fingerprint density at radius 2 is 2.33 bits per heavy atom. The number of rotatable bonds is 0. The second kappa shape index (κ2) is 2.92. The molecule has 4 heteroatoms. The number of aromatic nitrogens is 1. The molecule has 2 heterocycles. The molecule has 0 radical (unpaired) electrons. The molecule has 0 spiro atoms. The van der Waals surface area contributed by atoms with Crippen LogP contribution in [0.3, 0.4) is 0 Å². The maximum atomic E-state index is 11.0. The minimum absolute atomic E-state index is 0.111. The van der Waals surface area contributed by atoms with E-state index >= 15 is 0 Å². The Kier molecular flexibility index (Phi) is 1.90. The highest BCUT2D eigenvalue weighted by molar-refractivity contribution is 6.31. The molecule has 64 valence electrons. The average Bonchev–Trinajstić information content (AvgIpc) is 2.04. The molecule has 1 aliphatic heterocycles. The molecule has 1 aromatic heterocycles. The standard InChI is InChI=1S/C8H9ClN2O/c9-6-3-8(12)11-7-1-2-10-4-5(6)7/h3,10H,1-2,4H2,(H,11,12). The van der Waals surface area contributed by atoms with E-state index in [0.29, 0.717) is 5.02 Å². The van der Waals surface area contributed by atoms with Gasteiger partial charge in [-0.05, 0) is 0 Å². The highest BCUT2D eigenvalue weighted by Gasteiger charge is 2.12. The number of aromatic amines is 1. The van der Waals surface area contributed by atoms with Crippen molar-refractivity contribution in [2.45, 2.75) is 13.0 Å². The summed E-state index contributed by atoms with van der Waals surface area (Å²) in [5, 5.41) is 3.77. The molecule has 2 N–H and O–H groups in total. The quantitative estimate of drug-likeness (QED) is 0.623. The smallest absolute Gasteiger partial charge is 0.249 e. The number of nitrogens with one attached hydrogen (secondary N) is 2. The van der Waals surface area contributed by atoms with Crippen molar-refractivity contribution in [3.63, 3.8) is 0 Å². The maximum Gasteiger partial charge on any atom is 0.249 e. The Hall–Kier alpha value is -0.800. The van der Waals surface area contributed by atoms with Crippen molar-refractivity contribution in [2.24, 2.45) is 0 Å². The highest BCUT2D eigenvalue weighted by atomic mass is 35.5. The summed E-state index contributed by atoms with van der Waals surface area (Å²) in [4.78, 5) is 13.8. The highest BCUT2D eigenvalue weighted by Crippen LogP contribution is 2.18. The van der Waals surface area contributed by atoms with Gasteiger partial charge in [-0.25, -0.2) is 0 Å². The summed E-state index contributed by atoms with van der Waals surface area (Å²) < 4.78 is 0. The first-order valence-corrected chi connectivity index (χ1v) is 4.26. The van der Waals surface area contributed by atoms with Crippen LogP contribution in [-0.2, 0) is 13.0 Å². The summed E-state index contributed by atoms with van der Waals surface area (Å²) in [6, 6.07) is 1.42. The first-order valence-electron chi connectivity index (χ1n) is 3.88. The van der Waals surface area contributed by atoms with Gasteiger partial charge in [-0.3, -0.25) is 4.79 Å². The molecule has 0 aromatic carbocycles. The minimum atomic E-state index is -0.111. The molecule has 0 unspecified atom stereocenters. The molecular weight excluding hydrogens is 176 g/mol. The first-order chi connectivity index (χ1) is 5.77. The van der Waals surface area contributed by atoms with Crippen LogP contribution in [0.25, 0.3) is 0 Å². The van der Waals surface area contributed by atoms with E-state index < -0.39 is 0 Å². The van der Waals surface area contributed by atoms with Gasteiger partial charge in [-0.2, -0.15) is 0 Å². The number of halogens is 1. The largest absolute Gasteiger partial charge is 0.326 e. The lowest BCUT2D eigenvalue weighted by molar-refractivity contribution is 0.628. The van der Waals surface area contributed by atoms with Crippen LogP contribution in [0.1, 0.15) is 11.3 Å². The van der Waals surface area contributed by atoms with E-state index in [-0.39, 0.29) is 5.56 Å². The molecule has 12 heavy (non-hydrogen) atoms. The van der Waals surface area contributed by atoms with Crippen LogP contribution in [0.4, 0.5) is 0 Å². The lowest BCUT2D eigenvalue weighted by Crippen LogP contribution is -2.27. The molecule has 0 amide bonds. The van der Waals surface area contributed by atoms with Crippen LogP contribution in [0.15, 0.2) is 10.9 Å². The lowest BCUT2D eigenvalue weighted by atomic mass is 10.1. The van der Waals surface area contributed by atoms with E-state index in [1.807, 2.05) is 0 Å². The molecule has 0 fully saturated rings. The molecule has 0 bridgehead atoms. The third-order valence-electron chi connectivity index (χ3n) is 2.04. The summed E-state index contributed by atoms with van der Waals surface area (Å²) in [7, 11) is 0. The predicted octanol–water partition coefficient (Wildman–Crippen LogP) is 0.674. The van der Waals surface area contributed by atoms with E-state index in [9.17, 15) is 4.79 Å². The Balaban J connectivity index is 2.60. The summed E-state index contributed by atoms with van der Waals surface area (Å²) in [6.45, 7) is 1.66. The van der Waals surface area contributed by atoms with Gasteiger partial charge in [-0.15, -0.1) is 0 Å². The molecule has 0 aliphatic carbocycles. The van der Waals surface area contributed by atoms with Crippen LogP contribution in [-0.4, -0.2) is 11.5 Å². The number of H-pyrrole nitrogens is 1. The van der Waals surface area contributed by atoms with Crippen molar-refractivity contribution < 1.29 is 0 Å². The maximum absolute atomic E-state index is 11.0. The summed E-state index contributed by atoms with van der Waals surface area (Å²) in [5.74, 6) is 0. The summed E-state index contributed by atoms with van der Waals surface area (Å²) >= 11 is 5.89. The van der Waals surface area contributed by atoms with E-state index in [1.54, 1.807) is 0 Å². The van der Waals surface area contributed by atoms with E-state index in [1.165, 1.54) is 6.07 Å². The monoisotopic (exact) mass is 184 g/mol. The average molecular weight is 185 g/mol. The SMILES string of the molecule is O=c1cc(Cl)c2c([nH]1)CCNC2. The number of hydrogen-bond donors (Lipinski definition) is 2. The van der Waals surface area contributed by atoms with Gasteiger partial charge in [0.05, 0.1) is 5.02 Å². The van der Waals surface area contributed by atoms with Gasteiger partial charge in [0.25, 0.3) is 0 Å². The molecular formula is C8H9ClN2O. The number of fused-ring (bicyclic) bond motifs is 1. The van der Waals surface area contributed by atoms with Gasteiger partial charge in [0.2, 0.25) is 5.56 Å². The molecule has 1 aromatic rings. The predicted molar refractivity (Wildman–Crippen MR) is 47.5 cm³/mol. The molecule has 0 saturated heterocycles. The lowest BCUT2D eigenvalue weighted by Gasteiger charge is -2.16. The van der Waals surface area contributed by atoms with Gasteiger partial charge >= 0.3 is 0 Å². The third kappa shape index (κ3) is 1.26. The van der Waals surface area contributed by atoms with Crippen LogP contribution < -0.4 is 10.9 Å². The van der Waals surface area contributed by atoms with E-state index in [0.717, 1.165) is 30.8 Å². The topological polar surface area (TPSA) is 44.9 Å². The fraction of sp³-hybridized carbons (Fsp3) is 0.375. The summed E-state index contributed by atoms with van der Waals surface area (Å²) in [5.41, 5.74) is 1.90. The second-order valence-corrected chi connectivity index (χ2v) is 3.27. The van der Waals surface area contributed by atoms with Crippen LogP contribution >= 0.6 is 11.6 Å². The molecule has 0 saturated carbocycles. The first kappa shape index (κ1) is 7.83. The van der Waals surface area contributed by atoms with Crippen molar-refractivity contribution in [3.8, 4) is 0 Å². The Bertz CT molecular complexity index is 359. The Labute approximate surface area is 74.8 Å². The minimum Gasteiger partial charge on any atom is -0.326 e.